The molecule has 0 N–H and O–H groups in total. The molecule has 0 amide bonds. The average molecular weight is 826 g/mol. The predicted molar refractivity (Wildman–Crippen MR) is 257 cm³/mol. The molecule has 60 heavy (non-hydrogen) atoms. The Kier molecular flexibility index (Phi) is 7.39. The molecule has 0 radical (unpaired) electrons. The van der Waals surface area contributed by atoms with Crippen molar-refractivity contribution in [3.05, 3.63) is 206 Å². The van der Waals surface area contributed by atoms with Crippen molar-refractivity contribution >= 4 is 98.8 Å². The molecule has 13 rings (SSSR count). The summed E-state index contributed by atoms with van der Waals surface area (Å²) in [5.74, 6) is 0. The van der Waals surface area contributed by atoms with Crippen LogP contribution in [0.5, 0.6) is 0 Å². The standard InChI is InChI=1S/C58H34OSe/c1-2-16-35(17-3-1)53-38-19-4-10-25-44(38)56(45-26-11-5-20-39(45)53)47-28-14-29-48-57-46(27-15-31-52(57)60-58(47)48)55-42-23-8-6-21-40(42)54(41-22-7-9-24-43(41)55)36-32-33-51-49(34-36)37-18-12-13-30-50(37)59-51/h1-34H. The van der Waals surface area contributed by atoms with E-state index in [1.165, 1.54) is 107 Å². The molecule has 2 aromatic heterocycles. The first kappa shape index (κ1) is 33.7. The van der Waals surface area contributed by atoms with Gasteiger partial charge in [0.05, 0.1) is 0 Å². The first-order valence-corrected chi connectivity index (χ1v) is 22.3. The van der Waals surface area contributed by atoms with Crippen molar-refractivity contribution in [3.8, 4) is 44.5 Å². The fourth-order valence-corrected chi connectivity index (χ4v) is 12.8. The van der Waals surface area contributed by atoms with Gasteiger partial charge in [-0.15, -0.1) is 0 Å². The summed E-state index contributed by atoms with van der Waals surface area (Å²) in [6, 6.07) is 76.1. The van der Waals surface area contributed by atoms with Crippen LogP contribution in [0.2, 0.25) is 0 Å². The molecule has 13 aromatic rings. The third-order valence-corrected chi connectivity index (χ3v) is 15.2. The maximum atomic E-state index is 6.27. The summed E-state index contributed by atoms with van der Waals surface area (Å²) in [5.41, 5.74) is 12.1. The van der Waals surface area contributed by atoms with Crippen molar-refractivity contribution in [1.29, 1.82) is 0 Å². The van der Waals surface area contributed by atoms with E-state index in [4.69, 9.17) is 4.42 Å². The quantitative estimate of drug-likeness (QED) is 0.127. The van der Waals surface area contributed by atoms with Gasteiger partial charge in [-0.2, -0.15) is 0 Å². The number of benzene rings is 11. The van der Waals surface area contributed by atoms with Crippen LogP contribution in [0.15, 0.2) is 211 Å². The summed E-state index contributed by atoms with van der Waals surface area (Å²) in [5, 5.41) is 15.2. The second-order valence-corrected chi connectivity index (χ2v) is 18.0. The fraction of sp³-hybridized carbons (Fsp3) is 0. The number of furan rings is 1. The summed E-state index contributed by atoms with van der Waals surface area (Å²) in [6.45, 7) is 0. The van der Waals surface area contributed by atoms with Gasteiger partial charge >= 0.3 is 336 Å². The minimum atomic E-state index is 0.103. The number of hydrogen-bond acceptors (Lipinski definition) is 1. The number of hydrogen-bond donors (Lipinski definition) is 0. The van der Waals surface area contributed by atoms with Crippen LogP contribution in [0.25, 0.3) is 129 Å². The van der Waals surface area contributed by atoms with Crippen molar-refractivity contribution in [2.75, 3.05) is 0 Å². The van der Waals surface area contributed by atoms with Gasteiger partial charge in [-0.05, 0) is 6.07 Å². The predicted octanol–water partition coefficient (Wildman–Crippen LogP) is 16.2. The molecular formula is C58H34OSe. The van der Waals surface area contributed by atoms with Crippen molar-refractivity contribution in [3.63, 3.8) is 0 Å². The summed E-state index contributed by atoms with van der Waals surface area (Å²) < 4.78 is 9.17. The zero-order valence-electron chi connectivity index (χ0n) is 32.4. The zero-order chi connectivity index (χ0) is 39.3. The van der Waals surface area contributed by atoms with Gasteiger partial charge in [0.1, 0.15) is 0 Å². The molecular weight excluding hydrogens is 792 g/mol. The Bertz CT molecular complexity index is 3770. The van der Waals surface area contributed by atoms with Crippen LogP contribution in [-0.4, -0.2) is 14.5 Å². The normalized spacial score (nSPS) is 12.0. The molecule has 278 valence electrons. The SMILES string of the molecule is c1ccc(-c2c3ccccc3c(-c3cccc4c3[se]c3cccc(-c5c6ccccc6c(-c6ccc7oc8ccccc8c7c6)c6ccccc56)c34)c3ccccc23)cc1. The maximum absolute atomic E-state index is 6.27. The van der Waals surface area contributed by atoms with E-state index in [-0.39, 0.29) is 14.5 Å². The Balaban J connectivity index is 1.09. The van der Waals surface area contributed by atoms with Crippen LogP contribution < -0.4 is 0 Å². The van der Waals surface area contributed by atoms with Crippen LogP contribution in [0.4, 0.5) is 0 Å². The van der Waals surface area contributed by atoms with Gasteiger partial charge in [0, 0.05) is 0 Å². The van der Waals surface area contributed by atoms with Gasteiger partial charge in [0.2, 0.25) is 0 Å². The molecule has 11 aromatic carbocycles. The second kappa shape index (κ2) is 13.1. The number of fused-ring (bicyclic) bond motifs is 10. The van der Waals surface area contributed by atoms with Gasteiger partial charge in [-0.25, -0.2) is 0 Å². The molecule has 0 bridgehead atoms. The van der Waals surface area contributed by atoms with E-state index in [9.17, 15) is 0 Å². The van der Waals surface area contributed by atoms with Crippen molar-refractivity contribution in [2.24, 2.45) is 0 Å². The Morgan fingerprint density at radius 1 is 0.283 bits per heavy atom. The zero-order valence-corrected chi connectivity index (χ0v) is 34.2. The van der Waals surface area contributed by atoms with E-state index in [1.54, 1.807) is 0 Å². The van der Waals surface area contributed by atoms with Gasteiger partial charge in [0.25, 0.3) is 0 Å². The van der Waals surface area contributed by atoms with E-state index in [1.807, 2.05) is 6.07 Å². The summed E-state index contributed by atoms with van der Waals surface area (Å²) >= 11 is 0.103. The molecule has 2 heteroatoms. The van der Waals surface area contributed by atoms with E-state index in [0.717, 1.165) is 21.9 Å². The fourth-order valence-electron chi connectivity index (χ4n) is 10.2. The van der Waals surface area contributed by atoms with Crippen LogP contribution in [0.1, 0.15) is 0 Å². The molecule has 0 saturated carbocycles. The van der Waals surface area contributed by atoms with Crippen LogP contribution >= 0.6 is 0 Å². The molecule has 0 aliphatic carbocycles. The Labute approximate surface area is 352 Å². The van der Waals surface area contributed by atoms with Crippen LogP contribution in [0, 0.1) is 0 Å². The molecule has 1 nitrogen and oxygen atoms in total. The van der Waals surface area contributed by atoms with Crippen molar-refractivity contribution < 1.29 is 4.42 Å². The number of para-hydroxylation sites is 1. The number of rotatable bonds is 4. The average Bonchev–Trinajstić information content (AvgIpc) is 3.89. The molecule has 2 heterocycles. The van der Waals surface area contributed by atoms with Gasteiger partial charge in [-0.1, -0.05) is 12.1 Å². The van der Waals surface area contributed by atoms with Gasteiger partial charge < -0.3 is 0 Å². The van der Waals surface area contributed by atoms with E-state index in [0.29, 0.717) is 0 Å². The monoisotopic (exact) mass is 826 g/mol. The van der Waals surface area contributed by atoms with E-state index >= 15 is 0 Å². The first-order chi connectivity index (χ1) is 29.8. The van der Waals surface area contributed by atoms with E-state index < -0.39 is 0 Å². The molecule has 0 aliphatic heterocycles. The second-order valence-electron chi connectivity index (χ2n) is 15.8. The molecule has 0 unspecified atom stereocenters. The Morgan fingerprint density at radius 3 is 1.35 bits per heavy atom. The van der Waals surface area contributed by atoms with E-state index in [2.05, 4.69) is 200 Å². The van der Waals surface area contributed by atoms with Gasteiger partial charge in [-0.3, -0.25) is 0 Å². The summed E-state index contributed by atoms with van der Waals surface area (Å²) in [6.07, 6.45) is 0. The van der Waals surface area contributed by atoms with Crippen molar-refractivity contribution in [2.45, 2.75) is 0 Å². The Hall–Kier alpha value is -7.22. The summed E-state index contributed by atoms with van der Waals surface area (Å²) in [4.78, 5) is 0. The minimum absolute atomic E-state index is 0.103. The third kappa shape index (κ3) is 4.87. The molecule has 0 saturated heterocycles. The molecule has 0 fully saturated rings. The van der Waals surface area contributed by atoms with Crippen LogP contribution in [0.3, 0.4) is 0 Å². The third-order valence-electron chi connectivity index (χ3n) is 12.7. The summed E-state index contributed by atoms with van der Waals surface area (Å²) in [7, 11) is 0. The first-order valence-electron chi connectivity index (χ1n) is 20.6. The van der Waals surface area contributed by atoms with Gasteiger partial charge in [0.15, 0.2) is 0 Å². The topological polar surface area (TPSA) is 13.1 Å². The van der Waals surface area contributed by atoms with Crippen molar-refractivity contribution in [1.82, 2.24) is 0 Å². The molecule has 0 spiro atoms. The molecule has 0 atom stereocenters. The molecule has 0 aliphatic rings. The van der Waals surface area contributed by atoms with Crippen LogP contribution in [-0.2, 0) is 0 Å². The Morgan fingerprint density at radius 2 is 0.733 bits per heavy atom.